The maximum atomic E-state index is 12.1. The number of carbonyl (C=O) groups is 1. The molecule has 1 aliphatic heterocycles. The molecule has 3 rings (SSSR count). The van der Waals surface area contributed by atoms with E-state index in [-0.39, 0.29) is 11.5 Å². The summed E-state index contributed by atoms with van der Waals surface area (Å²) >= 11 is 0. The predicted molar refractivity (Wildman–Crippen MR) is 90.4 cm³/mol. The lowest BCUT2D eigenvalue weighted by molar-refractivity contribution is -0.120. The smallest absolute Gasteiger partial charge is 0.224 e. The Morgan fingerprint density at radius 3 is 2.91 bits per heavy atom. The molecule has 4 heteroatoms. The lowest BCUT2D eigenvalue weighted by atomic mass is 9.93. The van der Waals surface area contributed by atoms with E-state index in [9.17, 15) is 4.79 Å². The summed E-state index contributed by atoms with van der Waals surface area (Å²) in [6.07, 6.45) is 4.39. The highest BCUT2D eigenvalue weighted by Gasteiger charge is 2.26. The second-order valence-electron chi connectivity index (χ2n) is 6.87. The van der Waals surface area contributed by atoms with Crippen LogP contribution in [0.15, 0.2) is 36.5 Å². The maximum absolute atomic E-state index is 12.1. The number of hydrogen-bond acceptors (Lipinski definition) is 2. The lowest BCUT2D eigenvalue weighted by Crippen LogP contribution is -2.32. The van der Waals surface area contributed by atoms with Crippen molar-refractivity contribution >= 4 is 5.91 Å². The number of nitrogens with zero attached hydrogens (tertiary/aromatic N) is 1. The molecule has 0 fully saturated rings. The van der Waals surface area contributed by atoms with Crippen molar-refractivity contribution < 1.29 is 9.53 Å². The highest BCUT2D eigenvalue weighted by molar-refractivity contribution is 5.78. The molecule has 0 spiro atoms. The van der Waals surface area contributed by atoms with Gasteiger partial charge in [-0.2, -0.15) is 0 Å². The number of benzene rings is 1. The molecule has 1 aliphatic rings. The van der Waals surface area contributed by atoms with Gasteiger partial charge in [-0.3, -0.25) is 4.79 Å². The molecule has 0 saturated carbocycles. The van der Waals surface area contributed by atoms with E-state index in [1.54, 1.807) is 0 Å². The number of nitrogens with one attached hydrogen (secondary N) is 1. The molecular formula is C19H24N2O2. The van der Waals surface area contributed by atoms with Crippen LogP contribution in [0.3, 0.4) is 0 Å². The number of aryl methyl sites for hydroxylation is 2. The van der Waals surface area contributed by atoms with Gasteiger partial charge in [-0.15, -0.1) is 0 Å². The van der Waals surface area contributed by atoms with Crippen LogP contribution in [0.5, 0.6) is 5.75 Å². The van der Waals surface area contributed by atoms with Gasteiger partial charge >= 0.3 is 0 Å². The first-order valence-electron chi connectivity index (χ1n) is 8.11. The van der Waals surface area contributed by atoms with Crippen molar-refractivity contribution in [2.24, 2.45) is 7.05 Å². The van der Waals surface area contributed by atoms with E-state index in [1.807, 2.05) is 42.1 Å². The van der Waals surface area contributed by atoms with E-state index in [0.29, 0.717) is 13.0 Å². The van der Waals surface area contributed by atoms with Crippen LogP contribution in [0, 0.1) is 0 Å². The standard InChI is InChI=1S/C19H24N2O2/c1-19(2)9-8-15-11-14(6-7-17(15)23-19)12-18(22)20-13-16-5-4-10-21(16)3/h4-7,10-11H,8-9,12-13H2,1-3H3,(H,20,22). The molecule has 2 aromatic rings. The van der Waals surface area contributed by atoms with Crippen molar-refractivity contribution in [2.45, 2.75) is 45.3 Å². The third-order valence-electron chi connectivity index (χ3n) is 4.39. The summed E-state index contributed by atoms with van der Waals surface area (Å²) < 4.78 is 8.00. The second kappa shape index (κ2) is 6.11. The van der Waals surface area contributed by atoms with Crippen molar-refractivity contribution in [1.82, 2.24) is 9.88 Å². The van der Waals surface area contributed by atoms with Gasteiger partial charge in [0.05, 0.1) is 13.0 Å². The zero-order chi connectivity index (χ0) is 16.4. The summed E-state index contributed by atoms with van der Waals surface area (Å²) in [6, 6.07) is 10.1. The van der Waals surface area contributed by atoms with Crippen LogP contribution in [-0.4, -0.2) is 16.1 Å². The maximum Gasteiger partial charge on any atom is 0.224 e. The Labute approximate surface area is 137 Å². The van der Waals surface area contributed by atoms with Gasteiger partial charge < -0.3 is 14.6 Å². The van der Waals surface area contributed by atoms with E-state index in [0.717, 1.165) is 29.8 Å². The third kappa shape index (κ3) is 3.76. The summed E-state index contributed by atoms with van der Waals surface area (Å²) in [5.41, 5.74) is 3.24. The molecule has 1 aromatic heterocycles. The molecule has 2 heterocycles. The first-order valence-corrected chi connectivity index (χ1v) is 8.11. The number of aromatic nitrogens is 1. The Kier molecular flexibility index (Phi) is 4.16. The van der Waals surface area contributed by atoms with Gasteiger partial charge in [0.1, 0.15) is 11.4 Å². The highest BCUT2D eigenvalue weighted by atomic mass is 16.5. The summed E-state index contributed by atoms with van der Waals surface area (Å²) in [4.78, 5) is 12.1. The quantitative estimate of drug-likeness (QED) is 0.943. The summed E-state index contributed by atoms with van der Waals surface area (Å²) in [7, 11) is 1.98. The molecule has 1 N–H and O–H groups in total. The highest BCUT2D eigenvalue weighted by Crippen LogP contribution is 2.33. The Hall–Kier alpha value is -2.23. The Morgan fingerprint density at radius 1 is 1.35 bits per heavy atom. The first kappa shape index (κ1) is 15.7. The van der Waals surface area contributed by atoms with Crippen molar-refractivity contribution in [3.8, 4) is 5.75 Å². The second-order valence-corrected chi connectivity index (χ2v) is 6.87. The minimum atomic E-state index is -0.0963. The largest absolute Gasteiger partial charge is 0.488 e. The van der Waals surface area contributed by atoms with Crippen LogP contribution in [0.25, 0.3) is 0 Å². The molecule has 4 nitrogen and oxygen atoms in total. The van der Waals surface area contributed by atoms with E-state index in [1.165, 1.54) is 5.56 Å². The van der Waals surface area contributed by atoms with Crippen LogP contribution in [0.1, 0.15) is 37.1 Å². The van der Waals surface area contributed by atoms with Crippen molar-refractivity contribution in [2.75, 3.05) is 0 Å². The van der Waals surface area contributed by atoms with Crippen molar-refractivity contribution in [1.29, 1.82) is 0 Å². The monoisotopic (exact) mass is 312 g/mol. The summed E-state index contributed by atoms with van der Waals surface area (Å²) in [5.74, 6) is 0.998. The average Bonchev–Trinajstić information content (AvgIpc) is 2.90. The average molecular weight is 312 g/mol. The topological polar surface area (TPSA) is 43.3 Å². The normalized spacial score (nSPS) is 15.6. The molecule has 0 saturated heterocycles. The molecule has 1 aromatic carbocycles. The molecular weight excluding hydrogens is 288 g/mol. The molecule has 0 radical (unpaired) electrons. The van der Waals surface area contributed by atoms with Gasteiger partial charge in [0.2, 0.25) is 5.91 Å². The fourth-order valence-electron chi connectivity index (χ4n) is 2.94. The SMILES string of the molecule is Cn1cccc1CNC(=O)Cc1ccc2c(c1)CCC(C)(C)O2. The number of rotatable bonds is 4. The number of hydrogen-bond donors (Lipinski definition) is 1. The van der Waals surface area contributed by atoms with Gasteiger partial charge in [-0.05, 0) is 56.0 Å². The van der Waals surface area contributed by atoms with Crippen molar-refractivity contribution in [3.63, 3.8) is 0 Å². The minimum absolute atomic E-state index is 0.0446. The predicted octanol–water partition coefficient (Wildman–Crippen LogP) is 2.99. The van der Waals surface area contributed by atoms with Crippen LogP contribution >= 0.6 is 0 Å². The molecule has 122 valence electrons. The summed E-state index contributed by atoms with van der Waals surface area (Å²) in [6.45, 7) is 4.78. The zero-order valence-electron chi connectivity index (χ0n) is 14.1. The zero-order valence-corrected chi connectivity index (χ0v) is 14.1. The molecule has 1 amide bonds. The number of ether oxygens (including phenoxy) is 1. The molecule has 23 heavy (non-hydrogen) atoms. The van der Waals surface area contributed by atoms with Crippen molar-refractivity contribution in [3.05, 3.63) is 53.3 Å². The Bertz CT molecular complexity index is 716. The first-order chi connectivity index (χ1) is 10.9. The number of fused-ring (bicyclic) bond motifs is 1. The molecule has 0 bridgehead atoms. The minimum Gasteiger partial charge on any atom is -0.488 e. The molecule has 0 aliphatic carbocycles. The van der Waals surface area contributed by atoms with E-state index < -0.39 is 0 Å². The third-order valence-corrected chi connectivity index (χ3v) is 4.39. The Balaban J connectivity index is 1.60. The number of carbonyl (C=O) groups excluding carboxylic acids is 1. The molecule has 0 atom stereocenters. The van der Waals surface area contributed by atoms with E-state index >= 15 is 0 Å². The van der Waals surface area contributed by atoms with Crippen LogP contribution < -0.4 is 10.1 Å². The summed E-state index contributed by atoms with van der Waals surface area (Å²) in [5, 5.41) is 2.98. The van der Waals surface area contributed by atoms with Gasteiger partial charge in [0, 0.05) is 18.9 Å². The molecule has 0 unspecified atom stereocenters. The van der Waals surface area contributed by atoms with Crippen LogP contribution in [-0.2, 0) is 31.2 Å². The number of amides is 1. The fourth-order valence-corrected chi connectivity index (χ4v) is 2.94. The van der Waals surface area contributed by atoms with Crippen LogP contribution in [0.2, 0.25) is 0 Å². The lowest BCUT2D eigenvalue weighted by Gasteiger charge is -2.32. The van der Waals surface area contributed by atoms with Gasteiger partial charge in [0.25, 0.3) is 0 Å². The Morgan fingerprint density at radius 2 is 2.17 bits per heavy atom. The van der Waals surface area contributed by atoms with Gasteiger partial charge in [-0.25, -0.2) is 0 Å². The van der Waals surface area contributed by atoms with Gasteiger partial charge in [-0.1, -0.05) is 12.1 Å². The van der Waals surface area contributed by atoms with Crippen LogP contribution in [0.4, 0.5) is 0 Å². The fraction of sp³-hybridized carbons (Fsp3) is 0.421. The van der Waals surface area contributed by atoms with E-state index in [4.69, 9.17) is 4.74 Å². The van der Waals surface area contributed by atoms with E-state index in [2.05, 4.69) is 25.2 Å². The van der Waals surface area contributed by atoms with Gasteiger partial charge in [0.15, 0.2) is 0 Å².